The number of nitrogens with zero attached hydrogens (tertiary/aromatic N) is 1. The summed E-state index contributed by atoms with van der Waals surface area (Å²) in [4.78, 5) is 50.8. The van der Waals surface area contributed by atoms with Crippen molar-refractivity contribution in [2.45, 2.75) is 5.92 Å². The van der Waals surface area contributed by atoms with Crippen LogP contribution in [0.2, 0.25) is 0 Å². The van der Waals surface area contributed by atoms with Gasteiger partial charge in [-0.1, -0.05) is 60.7 Å². The fraction of sp³-hybridized carbons (Fsp3) is 0.143. The van der Waals surface area contributed by atoms with Gasteiger partial charge in [0, 0.05) is 7.05 Å². The minimum atomic E-state index is -0.922. The number of ether oxygens (including phenoxy) is 1. The second kappa shape index (κ2) is 8.39. The van der Waals surface area contributed by atoms with Gasteiger partial charge in [0.25, 0.3) is 5.56 Å². The van der Waals surface area contributed by atoms with Crippen molar-refractivity contribution in [2.24, 2.45) is 7.05 Å². The molecule has 0 radical (unpaired) electrons. The molecule has 0 amide bonds. The van der Waals surface area contributed by atoms with Crippen molar-refractivity contribution >= 4 is 17.6 Å². The molecule has 0 fully saturated rings. The number of H-pyrrole nitrogens is 1. The molecule has 0 saturated carbocycles. The third kappa shape index (κ3) is 4.16. The molecular weight excluding hydrogens is 374 g/mol. The summed E-state index contributed by atoms with van der Waals surface area (Å²) >= 11 is 0. The Bertz CT molecular complexity index is 1110. The van der Waals surface area contributed by atoms with Crippen molar-refractivity contribution in [2.75, 3.05) is 12.3 Å². The van der Waals surface area contributed by atoms with Crippen molar-refractivity contribution in [3.63, 3.8) is 0 Å². The van der Waals surface area contributed by atoms with Crippen LogP contribution in [0.5, 0.6) is 0 Å². The lowest BCUT2D eigenvalue weighted by molar-refractivity contribution is -0.143. The maximum absolute atomic E-state index is 12.8. The van der Waals surface area contributed by atoms with E-state index < -0.39 is 41.1 Å². The van der Waals surface area contributed by atoms with E-state index in [9.17, 15) is 19.2 Å². The van der Waals surface area contributed by atoms with Crippen molar-refractivity contribution in [1.29, 1.82) is 0 Å². The van der Waals surface area contributed by atoms with Gasteiger partial charge in [-0.25, -0.2) is 4.79 Å². The molecular formula is C21H19N3O5. The van der Waals surface area contributed by atoms with E-state index in [1.807, 2.05) is 17.1 Å². The van der Waals surface area contributed by atoms with E-state index in [-0.39, 0.29) is 5.82 Å². The Hall–Kier alpha value is -3.94. The molecule has 0 aliphatic heterocycles. The minimum absolute atomic E-state index is 0.289. The summed E-state index contributed by atoms with van der Waals surface area (Å²) in [5.41, 5.74) is 5.04. The van der Waals surface area contributed by atoms with Gasteiger partial charge in [0.2, 0.25) is 5.78 Å². The van der Waals surface area contributed by atoms with E-state index in [0.717, 1.165) is 4.57 Å². The van der Waals surface area contributed by atoms with Gasteiger partial charge in [0.1, 0.15) is 17.3 Å². The number of Topliss-reactive ketones (excluding diaryl/α,β-unsaturated/α-hetero) is 1. The maximum Gasteiger partial charge on any atom is 0.329 e. The quantitative estimate of drug-likeness (QED) is 0.479. The first-order chi connectivity index (χ1) is 13.9. The molecule has 0 aliphatic rings. The molecule has 3 aromatic rings. The third-order valence-electron chi connectivity index (χ3n) is 4.50. The van der Waals surface area contributed by atoms with Crippen LogP contribution in [-0.2, 0) is 16.6 Å². The first-order valence-electron chi connectivity index (χ1n) is 8.78. The number of aromatic nitrogens is 2. The second-order valence-corrected chi connectivity index (χ2v) is 6.36. The Kier molecular flexibility index (Phi) is 5.73. The number of carbonyl (C=O) groups is 2. The fourth-order valence-corrected chi connectivity index (χ4v) is 2.95. The number of rotatable bonds is 6. The van der Waals surface area contributed by atoms with Gasteiger partial charge in [-0.2, -0.15) is 0 Å². The Morgan fingerprint density at radius 3 is 2.03 bits per heavy atom. The minimum Gasteiger partial charge on any atom is -0.457 e. The average molecular weight is 393 g/mol. The molecule has 3 N–H and O–H groups in total. The smallest absolute Gasteiger partial charge is 0.329 e. The number of carbonyl (C=O) groups excluding carboxylic acids is 2. The Morgan fingerprint density at radius 1 is 1.00 bits per heavy atom. The molecule has 0 saturated heterocycles. The molecule has 148 valence electrons. The molecule has 2 aromatic carbocycles. The van der Waals surface area contributed by atoms with Crippen LogP contribution in [0, 0.1) is 0 Å². The summed E-state index contributed by atoms with van der Waals surface area (Å²) in [6, 6.07) is 18.0. The van der Waals surface area contributed by atoms with E-state index in [1.54, 1.807) is 48.5 Å². The molecule has 8 heteroatoms. The molecule has 1 aromatic heterocycles. The van der Waals surface area contributed by atoms with E-state index in [0.29, 0.717) is 11.1 Å². The molecule has 3 rings (SSSR count). The Balaban J connectivity index is 1.85. The van der Waals surface area contributed by atoms with Gasteiger partial charge in [0.15, 0.2) is 6.61 Å². The summed E-state index contributed by atoms with van der Waals surface area (Å²) in [5.74, 6) is -2.47. The number of esters is 1. The summed E-state index contributed by atoms with van der Waals surface area (Å²) in [6.07, 6.45) is 0. The molecule has 0 unspecified atom stereocenters. The number of hydrogen-bond acceptors (Lipinski definition) is 6. The number of nitrogens with one attached hydrogen (secondary N) is 1. The number of hydrogen-bond donors (Lipinski definition) is 2. The van der Waals surface area contributed by atoms with Crippen LogP contribution in [-0.4, -0.2) is 27.9 Å². The van der Waals surface area contributed by atoms with Gasteiger partial charge in [0.05, 0.1) is 0 Å². The zero-order chi connectivity index (χ0) is 21.0. The number of aromatic amines is 1. The SMILES string of the molecule is Cn1c(N)c(C(=O)COC(=O)C(c2ccccc2)c2ccccc2)c(=O)[nH]c1=O. The lowest BCUT2D eigenvalue weighted by Gasteiger charge is -2.17. The fourth-order valence-electron chi connectivity index (χ4n) is 2.95. The first-order valence-corrected chi connectivity index (χ1v) is 8.78. The first kappa shape index (κ1) is 19.8. The monoisotopic (exact) mass is 393 g/mol. The van der Waals surface area contributed by atoms with Crippen LogP contribution in [0.3, 0.4) is 0 Å². The molecule has 0 atom stereocenters. The van der Waals surface area contributed by atoms with E-state index >= 15 is 0 Å². The molecule has 0 bridgehead atoms. The van der Waals surface area contributed by atoms with Crippen LogP contribution in [0.1, 0.15) is 27.4 Å². The molecule has 8 nitrogen and oxygen atoms in total. The molecule has 0 spiro atoms. The largest absolute Gasteiger partial charge is 0.457 e. The van der Waals surface area contributed by atoms with Crippen LogP contribution in [0.15, 0.2) is 70.3 Å². The molecule has 0 aliphatic carbocycles. The predicted octanol–water partition coefficient (Wildman–Crippen LogP) is 1.21. The van der Waals surface area contributed by atoms with Crippen LogP contribution in [0.25, 0.3) is 0 Å². The molecule has 1 heterocycles. The van der Waals surface area contributed by atoms with Crippen LogP contribution in [0.4, 0.5) is 5.82 Å². The highest BCUT2D eigenvalue weighted by Gasteiger charge is 2.26. The number of anilines is 1. The number of nitrogen functional groups attached to an aromatic ring is 1. The summed E-state index contributed by atoms with van der Waals surface area (Å²) < 4.78 is 6.16. The summed E-state index contributed by atoms with van der Waals surface area (Å²) in [5, 5.41) is 0. The maximum atomic E-state index is 12.8. The second-order valence-electron chi connectivity index (χ2n) is 6.36. The van der Waals surface area contributed by atoms with Gasteiger partial charge in [-0.05, 0) is 11.1 Å². The number of ketones is 1. The van der Waals surface area contributed by atoms with Gasteiger partial charge >= 0.3 is 11.7 Å². The van der Waals surface area contributed by atoms with Crippen LogP contribution >= 0.6 is 0 Å². The predicted molar refractivity (Wildman–Crippen MR) is 107 cm³/mol. The Labute approximate surface area is 165 Å². The Morgan fingerprint density at radius 2 is 1.52 bits per heavy atom. The van der Waals surface area contributed by atoms with Crippen LogP contribution < -0.4 is 17.0 Å². The topological polar surface area (TPSA) is 124 Å². The zero-order valence-corrected chi connectivity index (χ0v) is 15.6. The zero-order valence-electron chi connectivity index (χ0n) is 15.6. The van der Waals surface area contributed by atoms with Gasteiger partial charge < -0.3 is 10.5 Å². The van der Waals surface area contributed by atoms with Gasteiger partial charge in [-0.15, -0.1) is 0 Å². The third-order valence-corrected chi connectivity index (χ3v) is 4.50. The van der Waals surface area contributed by atoms with E-state index in [1.165, 1.54) is 7.05 Å². The van der Waals surface area contributed by atoms with E-state index in [4.69, 9.17) is 10.5 Å². The van der Waals surface area contributed by atoms with Crippen molar-refractivity contribution in [3.8, 4) is 0 Å². The lowest BCUT2D eigenvalue weighted by Crippen LogP contribution is -2.36. The summed E-state index contributed by atoms with van der Waals surface area (Å²) in [7, 11) is 1.32. The van der Waals surface area contributed by atoms with Gasteiger partial charge in [-0.3, -0.25) is 23.9 Å². The number of nitrogens with two attached hydrogens (primary N) is 1. The highest BCUT2D eigenvalue weighted by Crippen LogP contribution is 2.26. The number of benzene rings is 2. The highest BCUT2D eigenvalue weighted by atomic mass is 16.5. The van der Waals surface area contributed by atoms with Crippen molar-refractivity contribution in [3.05, 3.63) is 98.2 Å². The molecule has 29 heavy (non-hydrogen) atoms. The lowest BCUT2D eigenvalue weighted by atomic mass is 9.91. The van der Waals surface area contributed by atoms with Crippen molar-refractivity contribution < 1.29 is 14.3 Å². The standard InChI is InChI=1S/C21H19N3O5/c1-24-18(22)17(19(26)23-21(24)28)15(25)12-29-20(27)16(13-8-4-2-5-9-13)14-10-6-3-7-11-14/h2-11,16H,12,22H2,1H3,(H,23,26,28). The average Bonchev–Trinajstić information content (AvgIpc) is 2.72. The highest BCUT2D eigenvalue weighted by molar-refractivity contribution is 6.01. The summed E-state index contributed by atoms with van der Waals surface area (Å²) in [6.45, 7) is -0.680. The normalized spacial score (nSPS) is 10.7. The van der Waals surface area contributed by atoms with Crippen molar-refractivity contribution in [1.82, 2.24) is 9.55 Å². The van der Waals surface area contributed by atoms with E-state index in [2.05, 4.69) is 0 Å².